The summed E-state index contributed by atoms with van der Waals surface area (Å²) in [6.07, 6.45) is 3.98. The highest BCUT2D eigenvalue weighted by Crippen LogP contribution is 2.27. The molecule has 28 heavy (non-hydrogen) atoms. The first kappa shape index (κ1) is 19.7. The molecule has 0 aliphatic carbocycles. The predicted octanol–water partition coefficient (Wildman–Crippen LogP) is 4.36. The van der Waals surface area contributed by atoms with Gasteiger partial charge in [0.2, 0.25) is 5.91 Å². The number of benzene rings is 2. The number of nitrogens with one attached hydrogen (secondary N) is 2. The van der Waals surface area contributed by atoms with Crippen LogP contribution in [0.15, 0.2) is 42.5 Å². The standard InChI is InChI=1S/C23H26FN3O/c1-15-5-11-20(24)23-22(15)19(16(2)26-23)13-14-25-21(28)12-8-17-6-9-18(10-7-17)27(3)4/h5-12,26H,13-14H2,1-4H3,(H,25,28)/b12-8+. The zero-order chi connectivity index (χ0) is 20.3. The van der Waals surface area contributed by atoms with Crippen molar-refractivity contribution in [1.29, 1.82) is 0 Å². The maximum Gasteiger partial charge on any atom is 0.244 e. The van der Waals surface area contributed by atoms with Crippen LogP contribution in [0.2, 0.25) is 0 Å². The summed E-state index contributed by atoms with van der Waals surface area (Å²) >= 11 is 0. The summed E-state index contributed by atoms with van der Waals surface area (Å²) in [5, 5.41) is 3.82. The van der Waals surface area contributed by atoms with Crippen LogP contribution in [-0.4, -0.2) is 31.5 Å². The first-order valence-corrected chi connectivity index (χ1v) is 9.36. The Morgan fingerprint density at radius 1 is 1.14 bits per heavy atom. The van der Waals surface area contributed by atoms with E-state index in [1.54, 1.807) is 12.1 Å². The summed E-state index contributed by atoms with van der Waals surface area (Å²) < 4.78 is 14.0. The van der Waals surface area contributed by atoms with Crippen LogP contribution in [0.25, 0.3) is 17.0 Å². The molecule has 0 fully saturated rings. The second kappa shape index (κ2) is 8.30. The number of carbonyl (C=O) groups is 1. The van der Waals surface area contributed by atoms with Gasteiger partial charge in [-0.2, -0.15) is 0 Å². The quantitative estimate of drug-likeness (QED) is 0.625. The van der Waals surface area contributed by atoms with E-state index in [1.165, 1.54) is 12.1 Å². The Morgan fingerprint density at radius 3 is 2.54 bits per heavy atom. The van der Waals surface area contributed by atoms with Gasteiger partial charge in [0, 0.05) is 43.5 Å². The van der Waals surface area contributed by atoms with Gasteiger partial charge in [-0.1, -0.05) is 18.2 Å². The summed E-state index contributed by atoms with van der Waals surface area (Å²) in [5.41, 5.74) is 5.65. The third kappa shape index (κ3) is 4.25. The Hall–Kier alpha value is -3.08. The average Bonchev–Trinajstić information content (AvgIpc) is 3.01. The van der Waals surface area contributed by atoms with Crippen LogP contribution in [0.1, 0.15) is 22.4 Å². The maximum atomic E-state index is 14.0. The van der Waals surface area contributed by atoms with Gasteiger partial charge in [-0.05, 0) is 61.2 Å². The van der Waals surface area contributed by atoms with E-state index >= 15 is 0 Å². The van der Waals surface area contributed by atoms with Gasteiger partial charge in [0.1, 0.15) is 5.82 Å². The molecule has 1 amide bonds. The molecule has 1 aromatic heterocycles. The first-order chi connectivity index (χ1) is 13.4. The Bertz CT molecular complexity index is 1020. The molecule has 1 heterocycles. The van der Waals surface area contributed by atoms with Crippen LogP contribution in [0, 0.1) is 19.7 Å². The minimum Gasteiger partial charge on any atom is -0.378 e. The van der Waals surface area contributed by atoms with Crippen molar-refractivity contribution in [2.75, 3.05) is 25.5 Å². The van der Waals surface area contributed by atoms with E-state index in [1.807, 2.05) is 57.1 Å². The highest BCUT2D eigenvalue weighted by molar-refractivity contribution is 5.92. The van der Waals surface area contributed by atoms with Crippen LogP contribution >= 0.6 is 0 Å². The highest BCUT2D eigenvalue weighted by Gasteiger charge is 2.13. The monoisotopic (exact) mass is 379 g/mol. The smallest absolute Gasteiger partial charge is 0.244 e. The molecule has 0 saturated heterocycles. The molecule has 0 saturated carbocycles. The molecule has 0 atom stereocenters. The summed E-state index contributed by atoms with van der Waals surface area (Å²) in [5.74, 6) is -0.390. The second-order valence-electron chi connectivity index (χ2n) is 7.20. The molecular weight excluding hydrogens is 353 g/mol. The normalized spacial score (nSPS) is 11.3. The Labute approximate surface area is 165 Å². The lowest BCUT2D eigenvalue weighted by molar-refractivity contribution is -0.116. The lowest BCUT2D eigenvalue weighted by Gasteiger charge is -2.11. The molecule has 0 radical (unpaired) electrons. The molecule has 2 aromatic carbocycles. The van der Waals surface area contributed by atoms with E-state index < -0.39 is 0 Å². The molecule has 0 unspecified atom stereocenters. The SMILES string of the molecule is Cc1[nH]c2c(F)ccc(C)c2c1CCNC(=O)/C=C/c1ccc(N(C)C)cc1. The third-order valence-electron chi connectivity index (χ3n) is 4.94. The minimum atomic E-state index is -0.248. The van der Waals surface area contributed by atoms with E-state index in [0.29, 0.717) is 18.5 Å². The van der Waals surface area contributed by atoms with Gasteiger partial charge < -0.3 is 15.2 Å². The zero-order valence-corrected chi connectivity index (χ0v) is 16.8. The topological polar surface area (TPSA) is 48.1 Å². The first-order valence-electron chi connectivity index (χ1n) is 9.36. The molecule has 3 aromatic rings. The second-order valence-corrected chi connectivity index (χ2v) is 7.20. The molecular formula is C23H26FN3O. The number of anilines is 1. The number of halogens is 1. The molecule has 2 N–H and O–H groups in total. The van der Waals surface area contributed by atoms with E-state index in [2.05, 4.69) is 10.3 Å². The summed E-state index contributed by atoms with van der Waals surface area (Å²) in [4.78, 5) is 17.3. The Balaban J connectivity index is 1.61. The number of rotatable bonds is 6. The zero-order valence-electron chi connectivity index (χ0n) is 16.8. The average molecular weight is 379 g/mol. The van der Waals surface area contributed by atoms with Crippen molar-refractivity contribution < 1.29 is 9.18 Å². The largest absolute Gasteiger partial charge is 0.378 e. The van der Waals surface area contributed by atoms with E-state index in [-0.39, 0.29) is 11.7 Å². The number of amides is 1. The van der Waals surface area contributed by atoms with Gasteiger partial charge in [0.05, 0.1) is 5.52 Å². The number of aryl methyl sites for hydroxylation is 2. The van der Waals surface area contributed by atoms with E-state index in [9.17, 15) is 9.18 Å². The molecule has 5 heteroatoms. The molecule has 0 bridgehead atoms. The summed E-state index contributed by atoms with van der Waals surface area (Å²) in [6.45, 7) is 4.40. The van der Waals surface area contributed by atoms with Crippen LogP contribution in [0.4, 0.5) is 10.1 Å². The van der Waals surface area contributed by atoms with E-state index in [0.717, 1.165) is 33.5 Å². The number of hydrogen-bond acceptors (Lipinski definition) is 2. The lowest BCUT2D eigenvalue weighted by Crippen LogP contribution is -2.23. The number of fused-ring (bicyclic) bond motifs is 1. The van der Waals surface area contributed by atoms with Crippen molar-refractivity contribution in [3.8, 4) is 0 Å². The minimum absolute atomic E-state index is 0.142. The number of aromatic nitrogens is 1. The van der Waals surface area contributed by atoms with Gasteiger partial charge in [-0.15, -0.1) is 0 Å². The Kier molecular flexibility index (Phi) is 5.83. The van der Waals surface area contributed by atoms with Crippen LogP contribution < -0.4 is 10.2 Å². The van der Waals surface area contributed by atoms with E-state index in [4.69, 9.17) is 0 Å². The maximum absolute atomic E-state index is 14.0. The van der Waals surface area contributed by atoms with Crippen LogP contribution in [0.5, 0.6) is 0 Å². The van der Waals surface area contributed by atoms with Crippen molar-refractivity contribution in [2.24, 2.45) is 0 Å². The summed E-state index contributed by atoms with van der Waals surface area (Å²) in [7, 11) is 3.98. The number of nitrogens with zero attached hydrogens (tertiary/aromatic N) is 1. The predicted molar refractivity (Wildman–Crippen MR) is 114 cm³/mol. The van der Waals surface area contributed by atoms with Crippen molar-refractivity contribution in [1.82, 2.24) is 10.3 Å². The number of H-pyrrole nitrogens is 1. The fourth-order valence-electron chi connectivity index (χ4n) is 3.38. The van der Waals surface area contributed by atoms with Crippen LogP contribution in [0.3, 0.4) is 0 Å². The van der Waals surface area contributed by atoms with Crippen molar-refractivity contribution >= 4 is 28.6 Å². The van der Waals surface area contributed by atoms with Crippen molar-refractivity contribution in [2.45, 2.75) is 20.3 Å². The number of carbonyl (C=O) groups excluding carboxylic acids is 1. The van der Waals surface area contributed by atoms with Gasteiger partial charge in [-0.25, -0.2) is 4.39 Å². The van der Waals surface area contributed by atoms with Gasteiger partial charge in [0.15, 0.2) is 0 Å². The molecule has 146 valence electrons. The molecule has 0 aliphatic rings. The van der Waals surface area contributed by atoms with Crippen molar-refractivity contribution in [3.05, 3.63) is 70.7 Å². The molecule has 0 spiro atoms. The van der Waals surface area contributed by atoms with Gasteiger partial charge in [-0.3, -0.25) is 4.79 Å². The van der Waals surface area contributed by atoms with Crippen molar-refractivity contribution in [3.63, 3.8) is 0 Å². The summed E-state index contributed by atoms with van der Waals surface area (Å²) in [6, 6.07) is 11.3. The van der Waals surface area contributed by atoms with Crippen LogP contribution in [-0.2, 0) is 11.2 Å². The Morgan fingerprint density at radius 2 is 1.86 bits per heavy atom. The van der Waals surface area contributed by atoms with Gasteiger partial charge >= 0.3 is 0 Å². The molecule has 3 rings (SSSR count). The number of hydrogen-bond donors (Lipinski definition) is 2. The highest BCUT2D eigenvalue weighted by atomic mass is 19.1. The number of aromatic amines is 1. The van der Waals surface area contributed by atoms with Gasteiger partial charge in [0.25, 0.3) is 0 Å². The fourth-order valence-corrected chi connectivity index (χ4v) is 3.38. The third-order valence-corrected chi connectivity index (χ3v) is 4.94. The lowest BCUT2D eigenvalue weighted by atomic mass is 10.0. The fraction of sp³-hybridized carbons (Fsp3) is 0.261. The molecule has 4 nitrogen and oxygen atoms in total. The molecule has 0 aliphatic heterocycles.